The molecule has 0 atom stereocenters. The highest BCUT2D eigenvalue weighted by Gasteiger charge is 2.24. The van der Waals surface area contributed by atoms with E-state index >= 15 is 0 Å². The molecule has 0 heterocycles. The average Bonchev–Trinajstić information content (AvgIpc) is 2.42. The predicted molar refractivity (Wildman–Crippen MR) is 88.1 cm³/mol. The highest BCUT2D eigenvalue weighted by atomic mass is 35.5. The fourth-order valence-corrected chi connectivity index (χ4v) is 4.00. The summed E-state index contributed by atoms with van der Waals surface area (Å²) >= 11 is 6.20. The molecule has 0 bridgehead atoms. The fourth-order valence-electron chi connectivity index (χ4n) is 2.05. The first kappa shape index (κ1) is 18.4. The van der Waals surface area contributed by atoms with E-state index in [1.165, 1.54) is 4.31 Å². The lowest BCUT2D eigenvalue weighted by Gasteiger charge is -2.22. The van der Waals surface area contributed by atoms with E-state index in [4.69, 9.17) is 11.6 Å². The van der Waals surface area contributed by atoms with Crippen LogP contribution in [0.2, 0.25) is 5.02 Å². The summed E-state index contributed by atoms with van der Waals surface area (Å²) in [6.45, 7) is 10.3. The van der Waals surface area contributed by atoms with Crippen LogP contribution in [0, 0.1) is 5.92 Å². The quantitative estimate of drug-likeness (QED) is 0.795. The van der Waals surface area contributed by atoms with Crippen LogP contribution >= 0.6 is 11.6 Å². The van der Waals surface area contributed by atoms with Gasteiger partial charge in [-0.15, -0.1) is 0 Å². The van der Waals surface area contributed by atoms with Gasteiger partial charge in [0.25, 0.3) is 0 Å². The van der Waals surface area contributed by atoms with Gasteiger partial charge in [-0.3, -0.25) is 0 Å². The minimum Gasteiger partial charge on any atom is -0.313 e. The summed E-state index contributed by atoms with van der Waals surface area (Å²) in [6.07, 6.45) is 0. The van der Waals surface area contributed by atoms with Gasteiger partial charge in [-0.2, -0.15) is 4.31 Å². The summed E-state index contributed by atoms with van der Waals surface area (Å²) in [4.78, 5) is 0.259. The molecule has 1 aromatic rings. The van der Waals surface area contributed by atoms with Gasteiger partial charge >= 0.3 is 0 Å². The topological polar surface area (TPSA) is 49.4 Å². The minimum atomic E-state index is -3.48. The standard InChI is InChI=1S/C15H25ClN2O2S/c1-5-17-10-13-7-8-14(9-15(13)16)21(19,20)18(6-2)11-12(3)4/h7-9,12,17H,5-6,10-11H2,1-4H3. The Balaban J connectivity index is 3.05. The van der Waals surface area contributed by atoms with Crippen LogP contribution in [-0.2, 0) is 16.6 Å². The molecule has 0 amide bonds. The third-order valence-corrected chi connectivity index (χ3v) is 5.44. The van der Waals surface area contributed by atoms with Crippen molar-refractivity contribution in [2.24, 2.45) is 5.92 Å². The summed E-state index contributed by atoms with van der Waals surface area (Å²) in [6, 6.07) is 4.96. The summed E-state index contributed by atoms with van der Waals surface area (Å²) in [5.74, 6) is 0.281. The second kappa shape index (κ2) is 8.13. The first-order valence-electron chi connectivity index (χ1n) is 7.32. The SMILES string of the molecule is CCNCc1ccc(S(=O)(=O)N(CC)CC(C)C)cc1Cl. The Bertz CT molecular complexity index is 559. The van der Waals surface area contributed by atoms with Crippen LogP contribution in [-0.4, -0.2) is 32.4 Å². The van der Waals surface area contributed by atoms with E-state index in [1.54, 1.807) is 18.2 Å². The van der Waals surface area contributed by atoms with Crippen LogP contribution < -0.4 is 5.32 Å². The number of rotatable bonds is 8. The molecule has 6 heteroatoms. The van der Waals surface area contributed by atoms with Crippen molar-refractivity contribution in [1.29, 1.82) is 0 Å². The highest BCUT2D eigenvalue weighted by molar-refractivity contribution is 7.89. The Morgan fingerprint density at radius 1 is 1.29 bits per heavy atom. The van der Waals surface area contributed by atoms with Gasteiger partial charge in [0.15, 0.2) is 0 Å². The lowest BCUT2D eigenvalue weighted by Crippen LogP contribution is -2.34. The van der Waals surface area contributed by atoms with Gasteiger partial charge in [-0.05, 0) is 30.2 Å². The monoisotopic (exact) mass is 332 g/mol. The third-order valence-electron chi connectivity index (χ3n) is 3.15. The molecule has 1 N–H and O–H groups in total. The zero-order valence-electron chi connectivity index (χ0n) is 13.2. The molecule has 0 aliphatic rings. The van der Waals surface area contributed by atoms with Crippen LogP contribution in [0.25, 0.3) is 0 Å². The van der Waals surface area contributed by atoms with Crippen molar-refractivity contribution in [2.45, 2.75) is 39.1 Å². The molecule has 0 fully saturated rings. The van der Waals surface area contributed by atoms with Gasteiger partial charge in [0, 0.05) is 24.7 Å². The van der Waals surface area contributed by atoms with E-state index in [1.807, 2.05) is 27.7 Å². The second-order valence-electron chi connectivity index (χ2n) is 5.38. The van der Waals surface area contributed by atoms with E-state index in [2.05, 4.69) is 5.32 Å². The molecule has 0 saturated heterocycles. The van der Waals surface area contributed by atoms with Crippen LogP contribution in [0.4, 0.5) is 0 Å². The lowest BCUT2D eigenvalue weighted by atomic mass is 10.2. The van der Waals surface area contributed by atoms with Crippen LogP contribution in [0.15, 0.2) is 23.1 Å². The summed E-state index contributed by atoms with van der Waals surface area (Å²) in [5.41, 5.74) is 0.907. The first-order valence-corrected chi connectivity index (χ1v) is 9.14. The average molecular weight is 333 g/mol. The molecule has 0 radical (unpaired) electrons. The van der Waals surface area contributed by atoms with Crippen molar-refractivity contribution in [3.8, 4) is 0 Å². The second-order valence-corrected chi connectivity index (χ2v) is 7.73. The molecule has 0 aliphatic carbocycles. The molecule has 1 aromatic carbocycles. The molecule has 0 aliphatic heterocycles. The molecule has 21 heavy (non-hydrogen) atoms. The van der Waals surface area contributed by atoms with Gasteiger partial charge in [-0.1, -0.05) is 45.4 Å². The maximum absolute atomic E-state index is 12.6. The molecule has 0 saturated carbocycles. The largest absolute Gasteiger partial charge is 0.313 e. The van der Waals surface area contributed by atoms with Gasteiger partial charge in [-0.25, -0.2) is 8.42 Å². The molecular weight excluding hydrogens is 308 g/mol. The highest BCUT2D eigenvalue weighted by Crippen LogP contribution is 2.24. The summed E-state index contributed by atoms with van der Waals surface area (Å²) < 4.78 is 26.7. The Morgan fingerprint density at radius 3 is 2.43 bits per heavy atom. The van der Waals surface area contributed by atoms with Crippen molar-refractivity contribution in [1.82, 2.24) is 9.62 Å². The van der Waals surface area contributed by atoms with Gasteiger partial charge in [0.1, 0.15) is 0 Å². The Kier molecular flexibility index (Phi) is 7.13. The van der Waals surface area contributed by atoms with Gasteiger partial charge < -0.3 is 5.32 Å². The van der Waals surface area contributed by atoms with E-state index in [-0.39, 0.29) is 10.8 Å². The zero-order chi connectivity index (χ0) is 16.0. The third kappa shape index (κ3) is 4.95. The number of benzene rings is 1. The minimum absolute atomic E-state index is 0.259. The van der Waals surface area contributed by atoms with Crippen molar-refractivity contribution in [3.63, 3.8) is 0 Å². The summed E-state index contributed by atoms with van der Waals surface area (Å²) in [7, 11) is -3.48. The zero-order valence-corrected chi connectivity index (χ0v) is 14.8. The van der Waals surface area contributed by atoms with E-state index in [9.17, 15) is 8.42 Å². The Morgan fingerprint density at radius 2 is 1.95 bits per heavy atom. The van der Waals surface area contributed by atoms with E-state index < -0.39 is 10.0 Å². The van der Waals surface area contributed by atoms with Gasteiger partial charge in [0.2, 0.25) is 10.0 Å². The molecule has 0 spiro atoms. The predicted octanol–water partition coefficient (Wildman–Crippen LogP) is 3.12. The smallest absolute Gasteiger partial charge is 0.243 e. The first-order chi connectivity index (χ1) is 9.82. The number of hydrogen-bond donors (Lipinski definition) is 1. The van der Waals surface area contributed by atoms with Crippen LogP contribution in [0.3, 0.4) is 0 Å². The van der Waals surface area contributed by atoms with E-state index in [0.29, 0.717) is 24.7 Å². The summed E-state index contributed by atoms with van der Waals surface area (Å²) in [5, 5.41) is 3.66. The van der Waals surface area contributed by atoms with Crippen molar-refractivity contribution < 1.29 is 8.42 Å². The number of nitrogens with one attached hydrogen (secondary N) is 1. The molecule has 120 valence electrons. The molecular formula is C15H25ClN2O2S. The van der Waals surface area contributed by atoms with Crippen molar-refractivity contribution in [3.05, 3.63) is 28.8 Å². The maximum atomic E-state index is 12.6. The molecule has 0 unspecified atom stereocenters. The number of sulfonamides is 1. The van der Waals surface area contributed by atoms with E-state index in [0.717, 1.165) is 12.1 Å². The Labute approximate surface area is 133 Å². The van der Waals surface area contributed by atoms with Gasteiger partial charge in [0.05, 0.1) is 4.90 Å². The van der Waals surface area contributed by atoms with Crippen LogP contribution in [0.1, 0.15) is 33.3 Å². The lowest BCUT2D eigenvalue weighted by molar-refractivity contribution is 0.381. The maximum Gasteiger partial charge on any atom is 0.243 e. The number of hydrogen-bond acceptors (Lipinski definition) is 3. The molecule has 0 aromatic heterocycles. The fraction of sp³-hybridized carbons (Fsp3) is 0.600. The molecule has 1 rings (SSSR count). The number of halogens is 1. The van der Waals surface area contributed by atoms with Crippen molar-refractivity contribution in [2.75, 3.05) is 19.6 Å². The normalized spacial score (nSPS) is 12.3. The van der Waals surface area contributed by atoms with Crippen LogP contribution in [0.5, 0.6) is 0 Å². The van der Waals surface area contributed by atoms with Crippen molar-refractivity contribution >= 4 is 21.6 Å². The Hall–Kier alpha value is -0.620. The molecule has 4 nitrogen and oxygen atoms in total. The number of nitrogens with zero attached hydrogens (tertiary/aromatic N) is 1.